The van der Waals surface area contributed by atoms with Gasteiger partial charge in [-0.1, -0.05) is 30.3 Å². The lowest BCUT2D eigenvalue weighted by molar-refractivity contribution is -0.138. The van der Waals surface area contributed by atoms with Crippen molar-refractivity contribution in [3.05, 3.63) is 65.5 Å². The second-order valence-electron chi connectivity index (χ2n) is 4.69. The van der Waals surface area contributed by atoms with Gasteiger partial charge in [-0.2, -0.15) is 0 Å². The number of rotatable bonds is 6. The maximum atomic E-state index is 13.0. The van der Waals surface area contributed by atoms with Crippen LogP contribution in [0.4, 0.5) is 4.39 Å². The Kier molecular flexibility index (Phi) is 4.93. The zero-order chi connectivity index (χ0) is 15.2. The minimum Gasteiger partial charge on any atom is -0.494 e. The molecule has 2 aromatic carbocycles. The van der Waals surface area contributed by atoms with Gasteiger partial charge in [0.15, 0.2) is 0 Å². The maximum Gasteiger partial charge on any atom is 0.311 e. The molecule has 3 nitrogen and oxygen atoms in total. The van der Waals surface area contributed by atoms with E-state index in [1.54, 1.807) is 0 Å². The molecule has 0 fully saturated rings. The Morgan fingerprint density at radius 2 is 1.86 bits per heavy atom. The van der Waals surface area contributed by atoms with E-state index in [2.05, 4.69) is 0 Å². The fourth-order valence-corrected chi connectivity index (χ4v) is 2.23. The minimum absolute atomic E-state index is 0.303. The molecule has 0 saturated heterocycles. The number of para-hydroxylation sites is 1. The monoisotopic (exact) mass is 288 g/mol. The largest absolute Gasteiger partial charge is 0.494 e. The molecule has 1 unspecified atom stereocenters. The first-order valence-electron chi connectivity index (χ1n) is 6.80. The van der Waals surface area contributed by atoms with Crippen LogP contribution in [0.3, 0.4) is 0 Å². The highest BCUT2D eigenvalue weighted by Gasteiger charge is 2.22. The smallest absolute Gasteiger partial charge is 0.311 e. The van der Waals surface area contributed by atoms with Crippen LogP contribution in [0, 0.1) is 5.82 Å². The molecule has 1 atom stereocenters. The molecule has 0 bridgehead atoms. The number of carbonyl (C=O) groups is 1. The van der Waals surface area contributed by atoms with Gasteiger partial charge in [0.1, 0.15) is 11.6 Å². The molecule has 2 rings (SSSR count). The van der Waals surface area contributed by atoms with E-state index in [0.717, 1.165) is 5.56 Å². The Hall–Kier alpha value is -2.36. The van der Waals surface area contributed by atoms with Crippen molar-refractivity contribution in [2.24, 2.45) is 0 Å². The van der Waals surface area contributed by atoms with E-state index in [0.29, 0.717) is 24.3 Å². The normalized spacial score (nSPS) is 11.9. The van der Waals surface area contributed by atoms with E-state index in [4.69, 9.17) is 4.74 Å². The van der Waals surface area contributed by atoms with E-state index in [1.165, 1.54) is 24.3 Å². The lowest BCUT2D eigenvalue weighted by Gasteiger charge is -2.15. The van der Waals surface area contributed by atoms with Crippen molar-refractivity contribution in [3.8, 4) is 5.75 Å². The van der Waals surface area contributed by atoms with E-state index in [1.807, 2.05) is 31.2 Å². The summed E-state index contributed by atoms with van der Waals surface area (Å²) in [6, 6.07) is 12.9. The van der Waals surface area contributed by atoms with Gasteiger partial charge in [-0.05, 0) is 42.7 Å². The molecule has 0 heterocycles. The first-order chi connectivity index (χ1) is 10.1. The van der Waals surface area contributed by atoms with E-state index >= 15 is 0 Å². The molecule has 0 aromatic heterocycles. The van der Waals surface area contributed by atoms with Gasteiger partial charge in [0.2, 0.25) is 0 Å². The number of benzene rings is 2. The van der Waals surface area contributed by atoms with Crippen molar-refractivity contribution >= 4 is 5.97 Å². The molecule has 2 aromatic rings. The molecule has 0 aliphatic rings. The quantitative estimate of drug-likeness (QED) is 0.882. The maximum absolute atomic E-state index is 13.0. The van der Waals surface area contributed by atoms with E-state index in [9.17, 15) is 14.3 Å². The Labute approximate surface area is 123 Å². The number of hydrogen-bond acceptors (Lipinski definition) is 2. The van der Waals surface area contributed by atoms with E-state index < -0.39 is 11.9 Å². The minimum atomic E-state index is -0.937. The first-order valence-corrected chi connectivity index (χ1v) is 6.80. The summed E-state index contributed by atoms with van der Waals surface area (Å²) in [5, 5.41) is 9.44. The standard InChI is InChI=1S/C17H17FO3/c1-2-21-16-6-4-3-5-13(16)11-15(17(19)20)12-7-9-14(18)10-8-12/h3-10,15H,2,11H2,1H3,(H,19,20). The third kappa shape index (κ3) is 3.81. The molecule has 1 N–H and O–H groups in total. The highest BCUT2D eigenvalue weighted by molar-refractivity contribution is 5.76. The van der Waals surface area contributed by atoms with Gasteiger partial charge in [-0.15, -0.1) is 0 Å². The first kappa shape index (κ1) is 15.0. The molecular weight excluding hydrogens is 271 g/mol. The zero-order valence-corrected chi connectivity index (χ0v) is 11.8. The molecule has 110 valence electrons. The molecule has 4 heteroatoms. The summed E-state index contributed by atoms with van der Waals surface area (Å²) in [5.41, 5.74) is 1.41. The third-order valence-corrected chi connectivity index (χ3v) is 3.27. The summed E-state index contributed by atoms with van der Waals surface area (Å²) >= 11 is 0. The number of carboxylic acid groups (broad SMARTS) is 1. The summed E-state index contributed by atoms with van der Waals surface area (Å²) in [6.45, 7) is 2.40. The molecule has 21 heavy (non-hydrogen) atoms. The molecule has 0 saturated carbocycles. The van der Waals surface area contributed by atoms with Crippen LogP contribution >= 0.6 is 0 Å². The highest BCUT2D eigenvalue weighted by atomic mass is 19.1. The van der Waals surface area contributed by atoms with Crippen molar-refractivity contribution in [1.82, 2.24) is 0 Å². The Balaban J connectivity index is 2.29. The average Bonchev–Trinajstić information content (AvgIpc) is 2.47. The summed E-state index contributed by atoms with van der Waals surface area (Å²) in [6.07, 6.45) is 0.303. The summed E-state index contributed by atoms with van der Waals surface area (Å²) in [4.78, 5) is 11.5. The number of halogens is 1. The second-order valence-corrected chi connectivity index (χ2v) is 4.69. The summed E-state index contributed by atoms with van der Waals surface area (Å²) in [5.74, 6) is -1.36. The molecule has 0 aliphatic carbocycles. The van der Waals surface area contributed by atoms with Crippen LogP contribution in [-0.4, -0.2) is 17.7 Å². The van der Waals surface area contributed by atoms with Crippen LogP contribution in [0.2, 0.25) is 0 Å². The van der Waals surface area contributed by atoms with Crippen molar-refractivity contribution < 1.29 is 19.0 Å². The lowest BCUT2D eigenvalue weighted by atomic mass is 9.91. The molecule has 0 spiro atoms. The van der Waals surface area contributed by atoms with Gasteiger partial charge in [0.05, 0.1) is 12.5 Å². The Bertz CT molecular complexity index is 608. The van der Waals surface area contributed by atoms with Crippen LogP contribution < -0.4 is 4.74 Å². The van der Waals surface area contributed by atoms with Crippen molar-refractivity contribution in [2.75, 3.05) is 6.61 Å². The molecule has 0 aliphatic heterocycles. The summed E-state index contributed by atoms with van der Waals surface area (Å²) in [7, 11) is 0. The highest BCUT2D eigenvalue weighted by Crippen LogP contribution is 2.27. The van der Waals surface area contributed by atoms with Gasteiger partial charge >= 0.3 is 5.97 Å². The van der Waals surface area contributed by atoms with Crippen molar-refractivity contribution in [1.29, 1.82) is 0 Å². The van der Waals surface area contributed by atoms with Crippen LogP contribution in [0.15, 0.2) is 48.5 Å². The van der Waals surface area contributed by atoms with Crippen LogP contribution in [-0.2, 0) is 11.2 Å². The average molecular weight is 288 g/mol. The van der Waals surface area contributed by atoms with Gasteiger partial charge in [-0.3, -0.25) is 4.79 Å². The molecule has 0 radical (unpaired) electrons. The molecular formula is C17H17FO3. The Morgan fingerprint density at radius 1 is 1.19 bits per heavy atom. The van der Waals surface area contributed by atoms with Gasteiger partial charge in [-0.25, -0.2) is 4.39 Å². The van der Waals surface area contributed by atoms with E-state index in [-0.39, 0.29) is 5.82 Å². The van der Waals surface area contributed by atoms with Gasteiger partial charge in [0, 0.05) is 0 Å². The number of carboxylic acids is 1. The number of hydrogen-bond donors (Lipinski definition) is 1. The molecule has 0 amide bonds. The SMILES string of the molecule is CCOc1ccccc1CC(C(=O)O)c1ccc(F)cc1. The predicted octanol–water partition coefficient (Wildman–Crippen LogP) is 3.64. The Morgan fingerprint density at radius 3 is 2.48 bits per heavy atom. The number of ether oxygens (including phenoxy) is 1. The fourth-order valence-electron chi connectivity index (χ4n) is 2.23. The van der Waals surface area contributed by atoms with Gasteiger partial charge in [0.25, 0.3) is 0 Å². The fraction of sp³-hybridized carbons (Fsp3) is 0.235. The van der Waals surface area contributed by atoms with Crippen LogP contribution in [0.5, 0.6) is 5.75 Å². The lowest BCUT2D eigenvalue weighted by Crippen LogP contribution is -2.15. The summed E-state index contributed by atoms with van der Waals surface area (Å²) < 4.78 is 18.5. The van der Waals surface area contributed by atoms with Crippen molar-refractivity contribution in [2.45, 2.75) is 19.3 Å². The van der Waals surface area contributed by atoms with Crippen molar-refractivity contribution in [3.63, 3.8) is 0 Å². The van der Waals surface area contributed by atoms with Gasteiger partial charge < -0.3 is 9.84 Å². The second kappa shape index (κ2) is 6.88. The predicted molar refractivity (Wildman–Crippen MR) is 78.1 cm³/mol. The zero-order valence-electron chi connectivity index (χ0n) is 11.8. The third-order valence-electron chi connectivity index (χ3n) is 3.27. The van der Waals surface area contributed by atoms with Crippen LogP contribution in [0.1, 0.15) is 24.0 Å². The topological polar surface area (TPSA) is 46.5 Å². The van der Waals surface area contributed by atoms with Crippen LogP contribution in [0.25, 0.3) is 0 Å². The number of aliphatic carboxylic acids is 1.